The fraction of sp³-hybridized carbons (Fsp3) is 0.318. The number of aryl methyl sites for hydroxylation is 1. The number of aromatic nitrogens is 2. The smallest absolute Gasteiger partial charge is 0.356 e. The van der Waals surface area contributed by atoms with Gasteiger partial charge in [0.25, 0.3) is 0 Å². The summed E-state index contributed by atoms with van der Waals surface area (Å²) >= 11 is 0. The molecule has 0 radical (unpaired) electrons. The Labute approximate surface area is 177 Å². The topological polar surface area (TPSA) is 70.2 Å². The minimum atomic E-state index is -4.47. The maximum Gasteiger partial charge on any atom is 0.433 e. The van der Waals surface area contributed by atoms with Crippen molar-refractivity contribution in [2.24, 2.45) is 0 Å². The zero-order chi connectivity index (χ0) is 22.0. The lowest BCUT2D eigenvalue weighted by atomic mass is 10.1. The van der Waals surface area contributed by atoms with E-state index in [2.05, 4.69) is 20.6 Å². The van der Waals surface area contributed by atoms with Crippen LogP contribution in [0.2, 0.25) is 0 Å². The molecule has 2 aromatic heterocycles. The zero-order valence-corrected chi connectivity index (χ0v) is 16.9. The van der Waals surface area contributed by atoms with E-state index in [0.29, 0.717) is 37.4 Å². The van der Waals surface area contributed by atoms with Crippen molar-refractivity contribution in [1.29, 1.82) is 0 Å². The second-order valence-electron chi connectivity index (χ2n) is 7.54. The molecule has 0 spiro atoms. The van der Waals surface area contributed by atoms with E-state index >= 15 is 0 Å². The molecule has 1 aliphatic heterocycles. The first kappa shape index (κ1) is 20.9. The molecule has 2 N–H and O–H groups in total. The number of urea groups is 1. The third kappa shape index (κ3) is 4.70. The Kier molecular flexibility index (Phi) is 5.67. The van der Waals surface area contributed by atoms with Gasteiger partial charge in [-0.1, -0.05) is 18.2 Å². The summed E-state index contributed by atoms with van der Waals surface area (Å²) in [6.07, 6.45) is -1.53. The van der Waals surface area contributed by atoms with Gasteiger partial charge >= 0.3 is 12.2 Å². The van der Waals surface area contributed by atoms with Gasteiger partial charge in [-0.15, -0.1) is 0 Å². The minimum Gasteiger partial charge on any atom is -0.356 e. The molecule has 6 nitrogen and oxygen atoms in total. The molecular weight excluding hydrogens is 407 g/mol. The van der Waals surface area contributed by atoms with E-state index in [1.54, 1.807) is 12.3 Å². The highest BCUT2D eigenvalue weighted by molar-refractivity contribution is 6.02. The lowest BCUT2D eigenvalue weighted by Gasteiger charge is -2.33. The molecule has 1 aliphatic rings. The number of carbonyl (C=O) groups excluding carboxylic acids is 1. The molecule has 0 atom stereocenters. The van der Waals surface area contributed by atoms with Gasteiger partial charge in [0.1, 0.15) is 11.5 Å². The van der Waals surface area contributed by atoms with Crippen molar-refractivity contribution in [3.8, 4) is 0 Å². The predicted octanol–water partition coefficient (Wildman–Crippen LogP) is 4.75. The number of hydrogen-bond donors (Lipinski definition) is 2. The van der Waals surface area contributed by atoms with Crippen LogP contribution in [0.5, 0.6) is 0 Å². The SMILES string of the molecule is Cc1nccc2c(NC(=O)NC3CCN(c4cccc(C(F)(F)F)n4)CC3)cccc12. The largest absolute Gasteiger partial charge is 0.433 e. The Balaban J connectivity index is 1.36. The number of anilines is 2. The molecule has 4 rings (SSSR count). The summed E-state index contributed by atoms with van der Waals surface area (Å²) in [5, 5.41) is 7.75. The molecule has 3 heterocycles. The van der Waals surface area contributed by atoms with E-state index in [-0.39, 0.29) is 12.1 Å². The molecule has 9 heteroatoms. The summed E-state index contributed by atoms with van der Waals surface area (Å²) in [4.78, 5) is 22.4. The second kappa shape index (κ2) is 8.41. The first-order valence-corrected chi connectivity index (χ1v) is 10.0. The van der Waals surface area contributed by atoms with Crippen LogP contribution in [-0.4, -0.2) is 35.1 Å². The van der Waals surface area contributed by atoms with Crippen LogP contribution < -0.4 is 15.5 Å². The number of fused-ring (bicyclic) bond motifs is 1. The molecular formula is C22H22F3N5O. The fourth-order valence-corrected chi connectivity index (χ4v) is 3.82. The predicted molar refractivity (Wildman–Crippen MR) is 113 cm³/mol. The molecule has 2 amide bonds. The third-order valence-corrected chi connectivity index (χ3v) is 5.43. The van der Waals surface area contributed by atoms with Gasteiger partial charge < -0.3 is 15.5 Å². The Hall–Kier alpha value is -3.36. The number of alkyl halides is 3. The average molecular weight is 429 g/mol. The van der Waals surface area contributed by atoms with Crippen LogP contribution in [0.3, 0.4) is 0 Å². The summed E-state index contributed by atoms with van der Waals surface area (Å²) in [7, 11) is 0. The van der Waals surface area contributed by atoms with Gasteiger partial charge in [0, 0.05) is 41.8 Å². The van der Waals surface area contributed by atoms with E-state index in [1.165, 1.54) is 6.07 Å². The van der Waals surface area contributed by atoms with E-state index in [9.17, 15) is 18.0 Å². The number of carbonyl (C=O) groups is 1. The van der Waals surface area contributed by atoms with Gasteiger partial charge in [-0.25, -0.2) is 9.78 Å². The number of hydrogen-bond acceptors (Lipinski definition) is 4. The number of nitrogens with zero attached hydrogens (tertiary/aromatic N) is 3. The number of halogens is 3. The Morgan fingerprint density at radius 3 is 2.55 bits per heavy atom. The quantitative estimate of drug-likeness (QED) is 0.631. The highest BCUT2D eigenvalue weighted by Gasteiger charge is 2.33. The third-order valence-electron chi connectivity index (χ3n) is 5.43. The van der Waals surface area contributed by atoms with Crippen molar-refractivity contribution in [2.75, 3.05) is 23.3 Å². The number of piperidine rings is 1. The van der Waals surface area contributed by atoms with Crippen LogP contribution in [0.4, 0.5) is 29.5 Å². The first-order chi connectivity index (χ1) is 14.8. The van der Waals surface area contributed by atoms with E-state index in [0.717, 1.165) is 22.5 Å². The van der Waals surface area contributed by atoms with Gasteiger partial charge in [-0.2, -0.15) is 13.2 Å². The number of pyridine rings is 2. The molecule has 0 bridgehead atoms. The van der Waals surface area contributed by atoms with E-state index in [1.807, 2.05) is 36.1 Å². The highest BCUT2D eigenvalue weighted by Crippen LogP contribution is 2.29. The van der Waals surface area contributed by atoms with Gasteiger partial charge in [0.2, 0.25) is 0 Å². The summed E-state index contributed by atoms with van der Waals surface area (Å²) in [6, 6.07) is 11.1. The van der Waals surface area contributed by atoms with Crippen molar-refractivity contribution in [3.63, 3.8) is 0 Å². The lowest BCUT2D eigenvalue weighted by molar-refractivity contribution is -0.141. The molecule has 0 saturated carbocycles. The van der Waals surface area contributed by atoms with Crippen LogP contribution in [-0.2, 0) is 6.18 Å². The molecule has 1 aromatic carbocycles. The van der Waals surface area contributed by atoms with Crippen LogP contribution in [0.15, 0.2) is 48.7 Å². The summed E-state index contributed by atoms with van der Waals surface area (Å²) in [5.74, 6) is 0.303. The number of rotatable bonds is 3. The van der Waals surface area contributed by atoms with E-state index in [4.69, 9.17) is 0 Å². The fourth-order valence-electron chi connectivity index (χ4n) is 3.82. The second-order valence-corrected chi connectivity index (χ2v) is 7.54. The summed E-state index contributed by atoms with van der Waals surface area (Å²) in [5.41, 5.74) is 0.688. The van der Waals surface area contributed by atoms with Crippen LogP contribution >= 0.6 is 0 Å². The molecule has 31 heavy (non-hydrogen) atoms. The Morgan fingerprint density at radius 1 is 1.06 bits per heavy atom. The molecule has 0 unspecified atom stereocenters. The molecule has 0 aliphatic carbocycles. The maximum atomic E-state index is 12.9. The van der Waals surface area contributed by atoms with Gasteiger partial charge in [0.05, 0.1) is 5.69 Å². The number of benzene rings is 1. The maximum absolute atomic E-state index is 12.9. The van der Waals surface area contributed by atoms with Gasteiger partial charge in [0.15, 0.2) is 0 Å². The van der Waals surface area contributed by atoms with Crippen molar-refractivity contribution >= 4 is 28.3 Å². The van der Waals surface area contributed by atoms with E-state index < -0.39 is 11.9 Å². The molecule has 162 valence electrons. The number of nitrogens with one attached hydrogen (secondary N) is 2. The van der Waals surface area contributed by atoms with Crippen molar-refractivity contribution in [2.45, 2.75) is 32.0 Å². The molecule has 1 fully saturated rings. The first-order valence-electron chi connectivity index (χ1n) is 10.0. The van der Waals surface area contributed by atoms with Crippen LogP contribution in [0.1, 0.15) is 24.2 Å². The number of amides is 2. The monoisotopic (exact) mass is 429 g/mol. The standard InChI is InChI=1S/C22H22F3N5O/c1-14-16-4-2-5-18(17(16)8-11-26-14)28-21(31)27-15-9-12-30(13-10-15)20-7-3-6-19(29-20)22(23,24)25/h2-8,11,15H,9-10,12-13H2,1H3,(H2,27,28,31). The van der Waals surface area contributed by atoms with Crippen molar-refractivity contribution in [3.05, 3.63) is 60.0 Å². The molecule has 3 aromatic rings. The highest BCUT2D eigenvalue weighted by atomic mass is 19.4. The van der Waals surface area contributed by atoms with Crippen LogP contribution in [0, 0.1) is 6.92 Å². The zero-order valence-electron chi connectivity index (χ0n) is 16.9. The average Bonchev–Trinajstić information content (AvgIpc) is 2.74. The van der Waals surface area contributed by atoms with Crippen LogP contribution in [0.25, 0.3) is 10.8 Å². The van der Waals surface area contributed by atoms with Gasteiger partial charge in [-0.3, -0.25) is 4.98 Å². The van der Waals surface area contributed by atoms with Crippen molar-refractivity contribution < 1.29 is 18.0 Å². The normalized spacial score (nSPS) is 15.2. The van der Waals surface area contributed by atoms with Crippen molar-refractivity contribution in [1.82, 2.24) is 15.3 Å². The molecule has 1 saturated heterocycles. The minimum absolute atomic E-state index is 0.0690. The van der Waals surface area contributed by atoms with Gasteiger partial charge in [-0.05, 0) is 44.0 Å². The lowest BCUT2D eigenvalue weighted by Crippen LogP contribution is -2.46. The Bertz CT molecular complexity index is 1090. The Morgan fingerprint density at radius 2 is 1.81 bits per heavy atom. The summed E-state index contributed by atoms with van der Waals surface area (Å²) < 4.78 is 38.7. The summed E-state index contributed by atoms with van der Waals surface area (Å²) in [6.45, 7) is 2.94.